The van der Waals surface area contributed by atoms with Gasteiger partial charge in [0.1, 0.15) is 11.5 Å². The summed E-state index contributed by atoms with van der Waals surface area (Å²) < 4.78 is 1.68. The number of aryl methyl sites for hydroxylation is 2. The zero-order chi connectivity index (χ0) is 14.3. The van der Waals surface area contributed by atoms with Crippen molar-refractivity contribution in [2.24, 2.45) is 7.05 Å². The first-order valence-electron chi connectivity index (χ1n) is 6.06. The number of hydrogen-bond donors (Lipinski definition) is 1. The number of nitrogen functional groups attached to an aromatic ring is 1. The molecule has 3 aromatic heterocycles. The van der Waals surface area contributed by atoms with Gasteiger partial charge < -0.3 is 5.73 Å². The lowest BCUT2D eigenvalue weighted by Crippen LogP contribution is -1.97. The van der Waals surface area contributed by atoms with Crippen molar-refractivity contribution in [2.75, 3.05) is 5.73 Å². The maximum atomic E-state index is 6.37. The van der Waals surface area contributed by atoms with Gasteiger partial charge in [-0.2, -0.15) is 5.10 Å². The van der Waals surface area contributed by atoms with Gasteiger partial charge in [-0.15, -0.1) is 11.3 Å². The Balaban J connectivity index is 2.28. The number of pyridine rings is 1. The molecule has 3 heterocycles. The van der Waals surface area contributed by atoms with Crippen LogP contribution in [0.1, 0.15) is 5.56 Å². The fourth-order valence-corrected chi connectivity index (χ4v) is 3.36. The standard InChI is InChI=1S/C14H13ClN4S/c1-8-7-20-13(11(8)15)12-10(14(16)19(2)18-12)9-3-5-17-6-4-9/h3-7H,16H2,1-2H3. The molecule has 0 aliphatic rings. The van der Waals surface area contributed by atoms with Crippen molar-refractivity contribution in [1.29, 1.82) is 0 Å². The highest BCUT2D eigenvalue weighted by atomic mass is 35.5. The van der Waals surface area contributed by atoms with E-state index >= 15 is 0 Å². The summed E-state index contributed by atoms with van der Waals surface area (Å²) in [6, 6.07) is 3.84. The molecule has 0 fully saturated rings. The van der Waals surface area contributed by atoms with E-state index in [4.69, 9.17) is 17.3 Å². The lowest BCUT2D eigenvalue weighted by Gasteiger charge is -2.03. The molecule has 0 amide bonds. The van der Waals surface area contributed by atoms with Crippen LogP contribution in [-0.2, 0) is 7.05 Å². The number of thiophene rings is 1. The fraction of sp³-hybridized carbons (Fsp3) is 0.143. The molecule has 0 atom stereocenters. The van der Waals surface area contributed by atoms with Crippen LogP contribution >= 0.6 is 22.9 Å². The van der Waals surface area contributed by atoms with E-state index < -0.39 is 0 Å². The smallest absolute Gasteiger partial charge is 0.129 e. The van der Waals surface area contributed by atoms with Gasteiger partial charge in [-0.3, -0.25) is 9.67 Å². The van der Waals surface area contributed by atoms with Crippen LogP contribution in [0.25, 0.3) is 21.7 Å². The Morgan fingerprint density at radius 1 is 1.30 bits per heavy atom. The van der Waals surface area contributed by atoms with Gasteiger partial charge in [-0.25, -0.2) is 0 Å². The Kier molecular flexibility index (Phi) is 3.23. The summed E-state index contributed by atoms with van der Waals surface area (Å²) in [7, 11) is 1.83. The van der Waals surface area contributed by atoms with E-state index in [1.165, 1.54) is 0 Å². The van der Waals surface area contributed by atoms with Gasteiger partial charge in [0, 0.05) is 19.4 Å². The quantitative estimate of drug-likeness (QED) is 0.784. The van der Waals surface area contributed by atoms with Gasteiger partial charge in [-0.05, 0) is 35.6 Å². The van der Waals surface area contributed by atoms with Crippen molar-refractivity contribution >= 4 is 28.8 Å². The van der Waals surface area contributed by atoms with Crippen LogP contribution in [0.15, 0.2) is 29.9 Å². The van der Waals surface area contributed by atoms with E-state index in [-0.39, 0.29) is 0 Å². The van der Waals surface area contributed by atoms with Crippen molar-refractivity contribution in [3.63, 3.8) is 0 Å². The van der Waals surface area contributed by atoms with Gasteiger partial charge in [-0.1, -0.05) is 11.6 Å². The molecule has 2 N–H and O–H groups in total. The highest BCUT2D eigenvalue weighted by Crippen LogP contribution is 2.42. The minimum absolute atomic E-state index is 0.619. The topological polar surface area (TPSA) is 56.7 Å². The summed E-state index contributed by atoms with van der Waals surface area (Å²) in [6.07, 6.45) is 3.49. The fourth-order valence-electron chi connectivity index (χ4n) is 2.09. The predicted molar refractivity (Wildman–Crippen MR) is 83.9 cm³/mol. The Morgan fingerprint density at radius 2 is 2.00 bits per heavy atom. The average Bonchev–Trinajstić information content (AvgIpc) is 2.93. The highest BCUT2D eigenvalue weighted by molar-refractivity contribution is 7.14. The molecular weight excluding hydrogens is 292 g/mol. The van der Waals surface area contributed by atoms with Crippen LogP contribution in [0, 0.1) is 6.92 Å². The van der Waals surface area contributed by atoms with Crippen LogP contribution < -0.4 is 5.73 Å². The maximum Gasteiger partial charge on any atom is 0.129 e. The van der Waals surface area contributed by atoms with Gasteiger partial charge in [0.2, 0.25) is 0 Å². The lowest BCUT2D eigenvalue weighted by atomic mass is 10.1. The maximum absolute atomic E-state index is 6.37. The SMILES string of the molecule is Cc1csc(-c2nn(C)c(N)c2-c2ccncc2)c1Cl. The van der Waals surface area contributed by atoms with Gasteiger partial charge in [0.05, 0.1) is 15.5 Å². The van der Waals surface area contributed by atoms with E-state index in [9.17, 15) is 0 Å². The van der Waals surface area contributed by atoms with Crippen molar-refractivity contribution in [2.45, 2.75) is 6.92 Å². The molecule has 0 unspecified atom stereocenters. The molecule has 0 saturated carbocycles. The van der Waals surface area contributed by atoms with Crippen molar-refractivity contribution in [3.05, 3.63) is 40.5 Å². The third-order valence-electron chi connectivity index (χ3n) is 3.17. The molecule has 0 aliphatic heterocycles. The van der Waals surface area contributed by atoms with E-state index in [1.54, 1.807) is 28.4 Å². The molecule has 0 saturated heterocycles. The number of rotatable bonds is 2. The first-order valence-corrected chi connectivity index (χ1v) is 7.32. The van der Waals surface area contributed by atoms with Crippen molar-refractivity contribution < 1.29 is 0 Å². The Hall–Kier alpha value is -1.85. The molecule has 0 aromatic carbocycles. The molecule has 0 spiro atoms. The monoisotopic (exact) mass is 304 g/mol. The molecule has 20 heavy (non-hydrogen) atoms. The van der Waals surface area contributed by atoms with Gasteiger partial charge in [0.25, 0.3) is 0 Å². The summed E-state index contributed by atoms with van der Waals surface area (Å²) in [5.41, 5.74) is 9.93. The molecule has 4 nitrogen and oxygen atoms in total. The Labute approximate surface area is 125 Å². The van der Waals surface area contributed by atoms with E-state index in [2.05, 4.69) is 10.1 Å². The molecule has 0 radical (unpaired) electrons. The van der Waals surface area contributed by atoms with Crippen LogP contribution in [0.2, 0.25) is 5.02 Å². The summed E-state index contributed by atoms with van der Waals surface area (Å²) in [4.78, 5) is 4.99. The van der Waals surface area contributed by atoms with Crippen LogP contribution in [0.4, 0.5) is 5.82 Å². The number of halogens is 1. The minimum atomic E-state index is 0.619. The molecule has 0 aliphatic carbocycles. The Morgan fingerprint density at radius 3 is 2.60 bits per heavy atom. The van der Waals surface area contributed by atoms with Gasteiger partial charge in [0.15, 0.2) is 0 Å². The number of hydrogen-bond acceptors (Lipinski definition) is 4. The minimum Gasteiger partial charge on any atom is -0.383 e. The number of anilines is 1. The van der Waals surface area contributed by atoms with Crippen LogP contribution in [0.3, 0.4) is 0 Å². The summed E-state index contributed by atoms with van der Waals surface area (Å²) in [5, 5.41) is 7.29. The first kappa shape index (κ1) is 13.1. The number of nitrogens with zero attached hydrogens (tertiary/aromatic N) is 3. The zero-order valence-corrected chi connectivity index (χ0v) is 12.7. The van der Waals surface area contributed by atoms with Crippen molar-refractivity contribution in [1.82, 2.24) is 14.8 Å². The van der Waals surface area contributed by atoms with Crippen molar-refractivity contribution in [3.8, 4) is 21.7 Å². The average molecular weight is 305 g/mol. The van der Waals surface area contributed by atoms with Crippen LogP contribution in [-0.4, -0.2) is 14.8 Å². The highest BCUT2D eigenvalue weighted by Gasteiger charge is 2.21. The van der Waals surface area contributed by atoms with Crippen LogP contribution in [0.5, 0.6) is 0 Å². The molecule has 3 rings (SSSR count). The molecule has 3 aromatic rings. The van der Waals surface area contributed by atoms with Gasteiger partial charge >= 0.3 is 0 Å². The summed E-state index contributed by atoms with van der Waals surface area (Å²) in [5.74, 6) is 0.619. The summed E-state index contributed by atoms with van der Waals surface area (Å²) >= 11 is 7.95. The molecule has 0 bridgehead atoms. The normalized spacial score (nSPS) is 10.9. The number of aromatic nitrogens is 3. The van der Waals surface area contributed by atoms with E-state index in [1.807, 2.05) is 31.5 Å². The largest absolute Gasteiger partial charge is 0.383 e. The first-order chi connectivity index (χ1) is 9.59. The zero-order valence-electron chi connectivity index (χ0n) is 11.1. The van der Waals surface area contributed by atoms with E-state index in [0.29, 0.717) is 5.82 Å². The molecule has 102 valence electrons. The lowest BCUT2D eigenvalue weighted by molar-refractivity contribution is 0.783. The second kappa shape index (κ2) is 4.92. The second-order valence-corrected chi connectivity index (χ2v) is 5.79. The molecular formula is C14H13ClN4S. The van der Waals surface area contributed by atoms with E-state index in [0.717, 1.165) is 32.3 Å². The predicted octanol–water partition coefficient (Wildman–Crippen LogP) is 3.75. The summed E-state index contributed by atoms with van der Waals surface area (Å²) in [6.45, 7) is 1.99. The molecule has 6 heteroatoms. The third kappa shape index (κ3) is 1.99. The third-order valence-corrected chi connectivity index (χ3v) is 4.88. The number of nitrogens with two attached hydrogens (primary N) is 1. The second-order valence-electron chi connectivity index (χ2n) is 4.53. The Bertz CT molecular complexity index is 761.